The van der Waals surface area contributed by atoms with Gasteiger partial charge in [0.2, 0.25) is 0 Å². The zero-order valence-electron chi connectivity index (χ0n) is 17.4. The molecule has 0 bridgehead atoms. The summed E-state index contributed by atoms with van der Waals surface area (Å²) in [5.74, 6) is 0.366. The second kappa shape index (κ2) is 8.29. The topological polar surface area (TPSA) is 18.8 Å². The highest BCUT2D eigenvalue weighted by atomic mass is 15.5. The van der Waals surface area contributed by atoms with Crippen LogP contribution < -0.4 is 0 Å². The Morgan fingerprint density at radius 1 is 0.867 bits per heavy atom. The Labute approximate surface area is 179 Å². The maximum Gasteiger partial charge on any atom is 0.0813 e. The highest BCUT2D eigenvalue weighted by molar-refractivity contribution is 6.07. The van der Waals surface area contributed by atoms with Crippen molar-refractivity contribution in [2.24, 2.45) is 11.0 Å². The summed E-state index contributed by atoms with van der Waals surface area (Å²) < 4.78 is 0. The number of likely N-dealkylation sites (tertiary alicyclic amines) is 1. The molecule has 0 spiro atoms. The number of fused-ring (bicyclic) bond motifs is 1. The summed E-state index contributed by atoms with van der Waals surface area (Å²) in [4.78, 5) is 2.57. The lowest BCUT2D eigenvalue weighted by atomic mass is 9.83. The zero-order valence-corrected chi connectivity index (χ0v) is 17.4. The molecule has 0 radical (unpaired) electrons. The molecular formula is C27H27N3. The first kappa shape index (κ1) is 18.8. The lowest BCUT2D eigenvalue weighted by Crippen LogP contribution is -2.43. The molecule has 2 atom stereocenters. The summed E-state index contributed by atoms with van der Waals surface area (Å²) >= 11 is 0. The third-order valence-corrected chi connectivity index (χ3v) is 6.11. The Morgan fingerprint density at radius 3 is 2.20 bits per heavy atom. The molecule has 3 nitrogen and oxygen atoms in total. The van der Waals surface area contributed by atoms with E-state index in [1.165, 1.54) is 28.0 Å². The van der Waals surface area contributed by atoms with Gasteiger partial charge in [-0.15, -0.1) is 0 Å². The number of benzene rings is 3. The summed E-state index contributed by atoms with van der Waals surface area (Å²) in [6.45, 7) is 2.90. The van der Waals surface area contributed by atoms with E-state index in [4.69, 9.17) is 5.10 Å². The van der Waals surface area contributed by atoms with Crippen LogP contribution in [0.3, 0.4) is 0 Å². The average molecular weight is 394 g/mol. The smallest absolute Gasteiger partial charge is 0.0813 e. The normalized spacial score (nSPS) is 22.8. The first-order chi connectivity index (χ1) is 14.8. The van der Waals surface area contributed by atoms with Gasteiger partial charge in [0.1, 0.15) is 0 Å². The molecular weight excluding hydrogens is 366 g/mol. The molecule has 30 heavy (non-hydrogen) atoms. The van der Waals surface area contributed by atoms with Crippen molar-refractivity contribution < 1.29 is 0 Å². The van der Waals surface area contributed by atoms with Crippen LogP contribution in [-0.4, -0.2) is 35.8 Å². The second-order valence-electron chi connectivity index (χ2n) is 8.26. The minimum Gasteiger partial charge on any atom is -0.294 e. The van der Waals surface area contributed by atoms with Crippen LogP contribution in [0.5, 0.6) is 0 Å². The molecule has 1 saturated heterocycles. The van der Waals surface area contributed by atoms with Crippen molar-refractivity contribution in [3.05, 3.63) is 113 Å². The Hall–Kier alpha value is -3.17. The third-order valence-electron chi connectivity index (χ3n) is 6.11. The van der Waals surface area contributed by atoms with Gasteiger partial charge in [0, 0.05) is 32.6 Å². The fourth-order valence-corrected chi connectivity index (χ4v) is 4.80. The standard InChI is InChI=1S/C27H27N3/c1-29-27(23-15-9-4-10-16-23)25-20-30(18-22-13-7-3-8-14-22)19-24(26(25)28-29)17-21-11-5-2-6-12-21/h2-17,25,27H,18-20H2,1H3/b24-17-. The molecule has 0 amide bonds. The maximum absolute atomic E-state index is 5.04. The lowest BCUT2D eigenvalue weighted by Gasteiger charge is -2.36. The molecule has 3 heteroatoms. The van der Waals surface area contributed by atoms with Gasteiger partial charge in [-0.2, -0.15) is 5.10 Å². The van der Waals surface area contributed by atoms with E-state index in [1.54, 1.807) is 0 Å². The van der Waals surface area contributed by atoms with Gasteiger partial charge in [0.25, 0.3) is 0 Å². The Balaban J connectivity index is 1.51. The number of piperidine rings is 1. The Kier molecular flexibility index (Phi) is 5.20. The molecule has 3 aromatic carbocycles. The largest absolute Gasteiger partial charge is 0.294 e. The first-order valence-electron chi connectivity index (χ1n) is 10.7. The van der Waals surface area contributed by atoms with E-state index in [0.29, 0.717) is 5.92 Å². The van der Waals surface area contributed by atoms with Crippen molar-refractivity contribution in [3.63, 3.8) is 0 Å². The Morgan fingerprint density at radius 2 is 1.50 bits per heavy atom. The van der Waals surface area contributed by atoms with Crippen molar-refractivity contribution >= 4 is 11.8 Å². The lowest BCUT2D eigenvalue weighted by molar-refractivity contribution is 0.190. The van der Waals surface area contributed by atoms with Gasteiger partial charge in [-0.25, -0.2) is 0 Å². The molecule has 5 rings (SSSR count). The third kappa shape index (κ3) is 3.81. The predicted molar refractivity (Wildman–Crippen MR) is 124 cm³/mol. The minimum absolute atomic E-state index is 0.277. The van der Waals surface area contributed by atoms with Gasteiger partial charge < -0.3 is 0 Å². The summed E-state index contributed by atoms with van der Waals surface area (Å²) in [6, 6.07) is 32.5. The van der Waals surface area contributed by atoms with Gasteiger partial charge >= 0.3 is 0 Å². The van der Waals surface area contributed by atoms with Crippen molar-refractivity contribution in [1.29, 1.82) is 0 Å². The highest BCUT2D eigenvalue weighted by Crippen LogP contribution is 2.40. The average Bonchev–Trinajstić information content (AvgIpc) is 3.12. The van der Waals surface area contributed by atoms with E-state index < -0.39 is 0 Å². The van der Waals surface area contributed by atoms with Crippen molar-refractivity contribution in [2.45, 2.75) is 12.6 Å². The summed E-state index contributed by atoms with van der Waals surface area (Å²) in [5.41, 5.74) is 6.52. The summed E-state index contributed by atoms with van der Waals surface area (Å²) in [7, 11) is 2.12. The predicted octanol–water partition coefficient (Wildman–Crippen LogP) is 5.24. The van der Waals surface area contributed by atoms with Gasteiger partial charge in [-0.1, -0.05) is 91.0 Å². The van der Waals surface area contributed by atoms with Crippen molar-refractivity contribution in [2.75, 3.05) is 20.1 Å². The molecule has 0 saturated carbocycles. The highest BCUT2D eigenvalue weighted by Gasteiger charge is 2.42. The molecule has 2 unspecified atom stereocenters. The fraction of sp³-hybridized carbons (Fsp3) is 0.222. The zero-order chi connectivity index (χ0) is 20.3. The number of nitrogens with zero attached hydrogens (tertiary/aromatic N) is 3. The van der Waals surface area contributed by atoms with Crippen LogP contribution in [0.25, 0.3) is 6.08 Å². The molecule has 150 valence electrons. The van der Waals surface area contributed by atoms with E-state index in [-0.39, 0.29) is 6.04 Å². The van der Waals surface area contributed by atoms with Crippen LogP contribution in [0.2, 0.25) is 0 Å². The van der Waals surface area contributed by atoms with E-state index in [9.17, 15) is 0 Å². The molecule has 0 aromatic heterocycles. The number of hydrogen-bond donors (Lipinski definition) is 0. The molecule has 0 aliphatic carbocycles. The van der Waals surface area contributed by atoms with Gasteiger partial charge in [-0.3, -0.25) is 9.91 Å². The SMILES string of the molecule is CN1N=C2/C(=C\c3ccccc3)CN(Cc3ccccc3)CC2C1c1ccccc1. The van der Waals surface area contributed by atoms with Crippen LogP contribution >= 0.6 is 0 Å². The van der Waals surface area contributed by atoms with Crippen LogP contribution in [-0.2, 0) is 6.54 Å². The number of rotatable bonds is 4. The Bertz CT molecular complexity index is 1040. The van der Waals surface area contributed by atoms with E-state index in [0.717, 1.165) is 19.6 Å². The molecule has 0 N–H and O–H groups in total. The number of hydrogen-bond acceptors (Lipinski definition) is 3. The molecule has 2 aliphatic rings. The summed E-state index contributed by atoms with van der Waals surface area (Å²) in [6.07, 6.45) is 2.32. The second-order valence-corrected chi connectivity index (χ2v) is 8.26. The van der Waals surface area contributed by atoms with Crippen molar-refractivity contribution in [1.82, 2.24) is 9.91 Å². The van der Waals surface area contributed by atoms with Gasteiger partial charge in [0.05, 0.1) is 11.8 Å². The van der Waals surface area contributed by atoms with E-state index in [2.05, 4.69) is 114 Å². The number of hydrazone groups is 1. The minimum atomic E-state index is 0.277. The monoisotopic (exact) mass is 393 g/mol. The fourth-order valence-electron chi connectivity index (χ4n) is 4.80. The quantitative estimate of drug-likeness (QED) is 0.603. The molecule has 1 fully saturated rings. The molecule has 3 aromatic rings. The first-order valence-corrected chi connectivity index (χ1v) is 10.7. The van der Waals surface area contributed by atoms with E-state index in [1.807, 2.05) is 0 Å². The molecule has 2 aliphatic heterocycles. The van der Waals surface area contributed by atoms with Crippen LogP contribution in [0, 0.1) is 5.92 Å². The van der Waals surface area contributed by atoms with Crippen LogP contribution in [0.15, 0.2) is 102 Å². The van der Waals surface area contributed by atoms with Gasteiger partial charge in [-0.05, 0) is 28.3 Å². The summed E-state index contributed by atoms with van der Waals surface area (Å²) in [5, 5.41) is 7.21. The molecule has 2 heterocycles. The van der Waals surface area contributed by atoms with Crippen LogP contribution in [0.1, 0.15) is 22.7 Å². The van der Waals surface area contributed by atoms with Crippen molar-refractivity contribution in [3.8, 4) is 0 Å². The van der Waals surface area contributed by atoms with Crippen LogP contribution in [0.4, 0.5) is 0 Å². The van der Waals surface area contributed by atoms with E-state index >= 15 is 0 Å². The van der Waals surface area contributed by atoms with Gasteiger partial charge in [0.15, 0.2) is 0 Å². The maximum atomic E-state index is 5.04.